The first-order valence-electron chi connectivity index (χ1n) is 8.60. The standard InChI is InChI=1S/C17H25N3/c18-14-2-1-3-20-9-15(19-17(14)20)16-12-5-10-4-11(7-12)8-13(16)6-10/h9-14,16H,1-8,18H2. The molecule has 2 N–H and O–H groups in total. The molecule has 0 spiro atoms. The Kier molecular flexibility index (Phi) is 2.41. The molecule has 4 aliphatic carbocycles. The van der Waals surface area contributed by atoms with Crippen LogP contribution in [0, 0.1) is 23.7 Å². The van der Waals surface area contributed by atoms with E-state index in [0.717, 1.165) is 42.6 Å². The van der Waals surface area contributed by atoms with Gasteiger partial charge in [-0.05, 0) is 68.6 Å². The highest BCUT2D eigenvalue weighted by atomic mass is 15.1. The minimum Gasteiger partial charge on any atom is -0.333 e. The molecule has 1 unspecified atom stereocenters. The zero-order valence-electron chi connectivity index (χ0n) is 12.2. The van der Waals surface area contributed by atoms with Crippen LogP contribution in [0.5, 0.6) is 0 Å². The predicted molar refractivity (Wildman–Crippen MR) is 78.2 cm³/mol. The van der Waals surface area contributed by atoms with Gasteiger partial charge in [0.15, 0.2) is 0 Å². The van der Waals surface area contributed by atoms with Crippen molar-refractivity contribution in [1.82, 2.24) is 9.55 Å². The third kappa shape index (κ3) is 1.59. The summed E-state index contributed by atoms with van der Waals surface area (Å²) in [6, 6.07) is 0.175. The summed E-state index contributed by atoms with van der Waals surface area (Å²) in [4.78, 5) is 5.02. The van der Waals surface area contributed by atoms with Crippen LogP contribution in [0.25, 0.3) is 0 Å². The molecule has 3 heteroatoms. The summed E-state index contributed by atoms with van der Waals surface area (Å²) >= 11 is 0. The quantitative estimate of drug-likeness (QED) is 0.852. The molecule has 108 valence electrons. The number of hydrogen-bond donors (Lipinski definition) is 1. The predicted octanol–water partition coefficient (Wildman–Crippen LogP) is 3.22. The molecule has 4 bridgehead atoms. The molecule has 4 saturated carbocycles. The van der Waals surface area contributed by atoms with E-state index >= 15 is 0 Å². The molecule has 1 aromatic heterocycles. The summed E-state index contributed by atoms with van der Waals surface area (Å²) in [6.45, 7) is 1.13. The van der Waals surface area contributed by atoms with Gasteiger partial charge in [-0.2, -0.15) is 0 Å². The molecule has 1 aromatic rings. The maximum Gasteiger partial charge on any atom is 0.125 e. The molecule has 1 atom stereocenters. The zero-order chi connectivity index (χ0) is 13.3. The van der Waals surface area contributed by atoms with Crippen LogP contribution in [0.3, 0.4) is 0 Å². The lowest BCUT2D eigenvalue weighted by Gasteiger charge is -2.54. The molecule has 3 nitrogen and oxygen atoms in total. The molecular weight excluding hydrogens is 246 g/mol. The molecule has 0 saturated heterocycles. The van der Waals surface area contributed by atoms with E-state index in [9.17, 15) is 0 Å². The average Bonchev–Trinajstić information content (AvgIpc) is 2.82. The number of fused-ring (bicyclic) bond motifs is 1. The number of hydrogen-bond acceptors (Lipinski definition) is 2. The van der Waals surface area contributed by atoms with Gasteiger partial charge < -0.3 is 10.3 Å². The van der Waals surface area contributed by atoms with Crippen molar-refractivity contribution in [2.45, 2.75) is 63.5 Å². The third-order valence-corrected chi connectivity index (χ3v) is 6.64. The van der Waals surface area contributed by atoms with Crippen LogP contribution < -0.4 is 5.73 Å². The molecule has 2 heterocycles. The first-order chi connectivity index (χ1) is 9.78. The van der Waals surface area contributed by atoms with Gasteiger partial charge in [0.05, 0.1) is 11.7 Å². The van der Waals surface area contributed by atoms with E-state index in [-0.39, 0.29) is 6.04 Å². The lowest BCUT2D eigenvalue weighted by Crippen LogP contribution is -2.43. The molecule has 20 heavy (non-hydrogen) atoms. The fourth-order valence-electron chi connectivity index (χ4n) is 6.11. The molecule has 0 radical (unpaired) electrons. The van der Waals surface area contributed by atoms with Crippen LogP contribution in [0.2, 0.25) is 0 Å². The highest BCUT2D eigenvalue weighted by molar-refractivity contribution is 5.19. The number of imidazole rings is 1. The van der Waals surface area contributed by atoms with Crippen molar-refractivity contribution in [3.8, 4) is 0 Å². The van der Waals surface area contributed by atoms with Gasteiger partial charge in [-0.25, -0.2) is 4.98 Å². The van der Waals surface area contributed by atoms with Crippen molar-refractivity contribution >= 4 is 0 Å². The van der Waals surface area contributed by atoms with Crippen molar-refractivity contribution in [1.29, 1.82) is 0 Å². The summed E-state index contributed by atoms with van der Waals surface area (Å²) in [5, 5.41) is 0. The van der Waals surface area contributed by atoms with Crippen LogP contribution >= 0.6 is 0 Å². The topological polar surface area (TPSA) is 43.8 Å². The zero-order valence-corrected chi connectivity index (χ0v) is 12.2. The number of rotatable bonds is 1. The van der Waals surface area contributed by atoms with E-state index in [1.165, 1.54) is 50.0 Å². The average molecular weight is 271 g/mol. The Labute approximate surface area is 120 Å². The molecule has 4 fully saturated rings. The van der Waals surface area contributed by atoms with Crippen LogP contribution in [0.4, 0.5) is 0 Å². The maximum atomic E-state index is 6.25. The van der Waals surface area contributed by atoms with Crippen LogP contribution in [0.1, 0.15) is 68.4 Å². The molecule has 5 aliphatic rings. The highest BCUT2D eigenvalue weighted by Crippen LogP contribution is 2.59. The van der Waals surface area contributed by atoms with Gasteiger partial charge in [0.2, 0.25) is 0 Å². The summed E-state index contributed by atoms with van der Waals surface area (Å²) in [5.41, 5.74) is 7.65. The Bertz CT molecular complexity index is 504. The van der Waals surface area contributed by atoms with E-state index in [1.807, 2.05) is 0 Å². The minimum absolute atomic E-state index is 0.175. The number of nitrogens with zero attached hydrogens (tertiary/aromatic N) is 2. The Morgan fingerprint density at radius 1 is 1.05 bits per heavy atom. The number of aromatic nitrogens is 2. The Balaban J connectivity index is 1.51. The second-order valence-electron chi connectivity index (χ2n) is 7.92. The van der Waals surface area contributed by atoms with Gasteiger partial charge in [0.1, 0.15) is 5.82 Å². The molecule has 6 rings (SSSR count). The molecule has 0 aromatic carbocycles. The monoisotopic (exact) mass is 271 g/mol. The minimum atomic E-state index is 0.175. The Morgan fingerprint density at radius 3 is 2.40 bits per heavy atom. The van der Waals surface area contributed by atoms with Crippen molar-refractivity contribution in [3.63, 3.8) is 0 Å². The largest absolute Gasteiger partial charge is 0.333 e. The SMILES string of the molecule is NC1CCCn2cc(C3C4CC5CC(C4)CC3C5)nc21. The van der Waals surface area contributed by atoms with E-state index in [2.05, 4.69) is 10.8 Å². The fourth-order valence-corrected chi connectivity index (χ4v) is 6.11. The van der Waals surface area contributed by atoms with Crippen molar-refractivity contribution in [3.05, 3.63) is 17.7 Å². The van der Waals surface area contributed by atoms with E-state index in [1.54, 1.807) is 0 Å². The molecular formula is C17H25N3. The summed E-state index contributed by atoms with van der Waals surface area (Å²) < 4.78 is 2.36. The number of aryl methyl sites for hydroxylation is 1. The summed E-state index contributed by atoms with van der Waals surface area (Å²) in [5.74, 6) is 5.88. The lowest BCUT2D eigenvalue weighted by atomic mass is 9.51. The van der Waals surface area contributed by atoms with Crippen LogP contribution in [0.15, 0.2) is 6.20 Å². The van der Waals surface area contributed by atoms with Gasteiger partial charge in [-0.15, -0.1) is 0 Å². The second kappa shape index (κ2) is 4.09. The van der Waals surface area contributed by atoms with Gasteiger partial charge in [0.25, 0.3) is 0 Å². The van der Waals surface area contributed by atoms with Crippen molar-refractivity contribution in [2.75, 3.05) is 0 Å². The van der Waals surface area contributed by atoms with Gasteiger partial charge in [-0.1, -0.05) is 0 Å². The van der Waals surface area contributed by atoms with E-state index in [0.29, 0.717) is 0 Å². The lowest BCUT2D eigenvalue weighted by molar-refractivity contribution is -0.00408. The Morgan fingerprint density at radius 2 is 1.75 bits per heavy atom. The van der Waals surface area contributed by atoms with Crippen LogP contribution in [-0.2, 0) is 6.54 Å². The highest BCUT2D eigenvalue weighted by Gasteiger charge is 2.49. The first-order valence-corrected chi connectivity index (χ1v) is 8.60. The van der Waals surface area contributed by atoms with Crippen LogP contribution in [-0.4, -0.2) is 9.55 Å². The van der Waals surface area contributed by atoms with Crippen molar-refractivity contribution < 1.29 is 0 Å². The van der Waals surface area contributed by atoms with Crippen molar-refractivity contribution in [2.24, 2.45) is 29.4 Å². The smallest absolute Gasteiger partial charge is 0.125 e. The molecule has 1 aliphatic heterocycles. The normalized spacial score (nSPS) is 45.6. The fraction of sp³-hybridized carbons (Fsp3) is 0.824. The molecule has 0 amide bonds. The summed E-state index contributed by atoms with van der Waals surface area (Å²) in [7, 11) is 0. The van der Waals surface area contributed by atoms with E-state index < -0.39 is 0 Å². The maximum absolute atomic E-state index is 6.25. The first kappa shape index (κ1) is 11.8. The second-order valence-corrected chi connectivity index (χ2v) is 7.92. The van der Waals surface area contributed by atoms with Gasteiger partial charge in [0, 0.05) is 18.7 Å². The van der Waals surface area contributed by atoms with E-state index in [4.69, 9.17) is 10.7 Å². The van der Waals surface area contributed by atoms with Gasteiger partial charge in [-0.3, -0.25) is 0 Å². The summed E-state index contributed by atoms with van der Waals surface area (Å²) in [6.07, 6.45) is 12.1. The third-order valence-electron chi connectivity index (χ3n) is 6.64. The number of nitrogens with two attached hydrogens (primary N) is 1. The Hall–Kier alpha value is -0.830. The van der Waals surface area contributed by atoms with Gasteiger partial charge >= 0.3 is 0 Å².